The van der Waals surface area contributed by atoms with Crippen molar-refractivity contribution in [3.63, 3.8) is 0 Å². The van der Waals surface area contributed by atoms with Crippen molar-refractivity contribution in [2.24, 2.45) is 7.05 Å². The lowest BCUT2D eigenvalue weighted by molar-refractivity contribution is -0.385. The third kappa shape index (κ3) is 3.40. The zero-order chi connectivity index (χ0) is 18.9. The van der Waals surface area contributed by atoms with Crippen LogP contribution in [0.3, 0.4) is 0 Å². The normalized spacial score (nSPS) is 11.3. The van der Waals surface area contributed by atoms with E-state index in [1.165, 1.54) is 12.1 Å². The molecule has 3 aromatic rings. The van der Waals surface area contributed by atoms with Gasteiger partial charge in [0.25, 0.3) is 15.7 Å². The summed E-state index contributed by atoms with van der Waals surface area (Å²) in [5, 5.41) is 18.8. The molecule has 9 nitrogen and oxygen atoms in total. The van der Waals surface area contributed by atoms with E-state index in [0.29, 0.717) is 17.1 Å². The molecule has 0 unspecified atom stereocenters. The van der Waals surface area contributed by atoms with Crippen LogP contribution in [0.1, 0.15) is 5.56 Å². The number of rotatable bonds is 5. The summed E-state index contributed by atoms with van der Waals surface area (Å²) in [6.07, 6.45) is 1.57. The summed E-state index contributed by atoms with van der Waals surface area (Å²) in [4.78, 5) is 10.2. The van der Waals surface area contributed by atoms with E-state index in [0.717, 1.165) is 11.6 Å². The maximum Gasteiger partial charge on any atom is 0.273 e. The first kappa shape index (κ1) is 17.5. The number of nitrogens with zero attached hydrogens (tertiary/aromatic N) is 4. The van der Waals surface area contributed by atoms with Crippen molar-refractivity contribution in [3.05, 3.63) is 64.5 Å². The van der Waals surface area contributed by atoms with Gasteiger partial charge in [-0.3, -0.25) is 14.8 Å². The van der Waals surface area contributed by atoms with Crippen molar-refractivity contribution in [2.45, 2.75) is 11.8 Å². The molecule has 3 rings (SSSR count). The smallest absolute Gasteiger partial charge is 0.273 e. The van der Waals surface area contributed by atoms with Crippen molar-refractivity contribution in [1.29, 1.82) is 0 Å². The van der Waals surface area contributed by atoms with Gasteiger partial charge in [0.2, 0.25) is 0 Å². The van der Waals surface area contributed by atoms with Gasteiger partial charge in [0.05, 0.1) is 9.82 Å². The summed E-state index contributed by atoms with van der Waals surface area (Å²) in [5.74, 6) is 0.647. The Labute approximate surface area is 149 Å². The zero-order valence-corrected chi connectivity index (χ0v) is 14.8. The van der Waals surface area contributed by atoms with Gasteiger partial charge in [0, 0.05) is 29.9 Å². The number of nitro benzene ring substituents is 1. The molecule has 0 radical (unpaired) electrons. The maximum atomic E-state index is 12.5. The van der Waals surface area contributed by atoms with Crippen molar-refractivity contribution in [1.82, 2.24) is 14.8 Å². The molecule has 0 fully saturated rings. The third-order valence-electron chi connectivity index (χ3n) is 3.79. The zero-order valence-electron chi connectivity index (χ0n) is 13.9. The molecule has 0 aliphatic heterocycles. The van der Waals surface area contributed by atoms with Gasteiger partial charge in [0.1, 0.15) is 6.33 Å². The topological polar surface area (TPSA) is 120 Å². The highest BCUT2D eigenvalue weighted by Gasteiger charge is 2.20. The van der Waals surface area contributed by atoms with E-state index < -0.39 is 14.9 Å². The van der Waals surface area contributed by atoms with Crippen LogP contribution in [0, 0.1) is 17.0 Å². The summed E-state index contributed by atoms with van der Waals surface area (Å²) in [6.45, 7) is 1.55. The minimum absolute atomic E-state index is 0.174. The van der Waals surface area contributed by atoms with Crippen molar-refractivity contribution >= 4 is 21.4 Å². The highest BCUT2D eigenvalue weighted by atomic mass is 32.2. The van der Waals surface area contributed by atoms with Crippen molar-refractivity contribution in [2.75, 3.05) is 4.72 Å². The monoisotopic (exact) mass is 373 g/mol. The summed E-state index contributed by atoms with van der Waals surface area (Å²) in [5.41, 5.74) is 1.26. The van der Waals surface area contributed by atoms with Crippen molar-refractivity contribution < 1.29 is 13.3 Å². The molecule has 0 saturated heterocycles. The van der Waals surface area contributed by atoms with E-state index in [4.69, 9.17) is 0 Å². The lowest BCUT2D eigenvalue weighted by Gasteiger charge is -2.09. The van der Waals surface area contributed by atoms with E-state index in [9.17, 15) is 18.5 Å². The number of nitro groups is 1. The lowest BCUT2D eigenvalue weighted by atomic mass is 10.2. The van der Waals surface area contributed by atoms with Gasteiger partial charge in [0.15, 0.2) is 5.82 Å². The standard InChI is InChI=1S/C16H15N5O4S/c1-11-3-8-14(9-15(11)21(22)23)26(24,25)19-13-6-4-12(5-7-13)16-18-17-10-20(16)2/h3-10,19H,1-2H3. The molecule has 1 heterocycles. The van der Waals surface area contributed by atoms with Crippen LogP contribution in [0.25, 0.3) is 11.4 Å². The van der Waals surface area contributed by atoms with Gasteiger partial charge >= 0.3 is 0 Å². The highest BCUT2D eigenvalue weighted by molar-refractivity contribution is 7.92. The fourth-order valence-electron chi connectivity index (χ4n) is 2.40. The Balaban J connectivity index is 1.87. The molecule has 10 heteroatoms. The van der Waals surface area contributed by atoms with Crippen LogP contribution in [-0.4, -0.2) is 28.1 Å². The van der Waals surface area contributed by atoms with Crippen LogP contribution in [0.5, 0.6) is 0 Å². The number of sulfonamides is 1. The first-order valence-electron chi connectivity index (χ1n) is 7.50. The first-order valence-corrected chi connectivity index (χ1v) is 8.98. The number of benzene rings is 2. The van der Waals surface area contributed by atoms with Crippen LogP contribution in [0.2, 0.25) is 0 Å². The first-order chi connectivity index (χ1) is 12.3. The van der Waals surface area contributed by atoms with Crippen LogP contribution in [0.4, 0.5) is 11.4 Å². The number of hydrogen-bond acceptors (Lipinski definition) is 6. The van der Waals surface area contributed by atoms with Crippen LogP contribution in [0.15, 0.2) is 53.7 Å². The number of hydrogen-bond donors (Lipinski definition) is 1. The van der Waals surface area contributed by atoms with Crippen LogP contribution >= 0.6 is 0 Å². The quantitative estimate of drug-likeness (QED) is 0.542. The van der Waals surface area contributed by atoms with Crippen molar-refractivity contribution in [3.8, 4) is 11.4 Å². The van der Waals surface area contributed by atoms with E-state index >= 15 is 0 Å². The Morgan fingerprint density at radius 1 is 1.15 bits per heavy atom. The molecule has 0 aliphatic carbocycles. The van der Waals surface area contributed by atoms with E-state index in [2.05, 4.69) is 14.9 Å². The summed E-state index contributed by atoms with van der Waals surface area (Å²) in [7, 11) is -2.15. The molecule has 1 aromatic heterocycles. The number of aryl methyl sites for hydroxylation is 2. The summed E-state index contributed by atoms with van der Waals surface area (Å²) >= 11 is 0. The summed E-state index contributed by atoms with van der Waals surface area (Å²) in [6, 6.07) is 10.4. The molecule has 0 saturated carbocycles. The SMILES string of the molecule is Cc1ccc(S(=O)(=O)Nc2ccc(-c3nncn3C)cc2)cc1[N+](=O)[O-]. The molecule has 0 amide bonds. The fraction of sp³-hybridized carbons (Fsp3) is 0.125. The Morgan fingerprint density at radius 3 is 2.42 bits per heavy atom. The number of nitrogens with one attached hydrogen (secondary N) is 1. The Kier molecular flexibility index (Phi) is 4.43. The molecular weight excluding hydrogens is 358 g/mol. The largest absolute Gasteiger partial charge is 0.317 e. The van der Waals surface area contributed by atoms with Crippen LogP contribution < -0.4 is 4.72 Å². The lowest BCUT2D eigenvalue weighted by Crippen LogP contribution is -2.13. The second-order valence-electron chi connectivity index (χ2n) is 5.65. The van der Waals surface area contributed by atoms with E-state index in [-0.39, 0.29) is 10.6 Å². The predicted molar refractivity (Wildman–Crippen MR) is 95.1 cm³/mol. The predicted octanol–water partition coefficient (Wildman–Crippen LogP) is 2.50. The average Bonchev–Trinajstić information content (AvgIpc) is 3.01. The average molecular weight is 373 g/mol. The molecule has 134 valence electrons. The van der Waals surface area contributed by atoms with Gasteiger partial charge in [-0.05, 0) is 37.3 Å². The van der Waals surface area contributed by atoms with Gasteiger partial charge < -0.3 is 4.57 Å². The number of aromatic nitrogens is 3. The molecule has 2 aromatic carbocycles. The Morgan fingerprint density at radius 2 is 1.85 bits per heavy atom. The fourth-order valence-corrected chi connectivity index (χ4v) is 3.48. The second-order valence-corrected chi connectivity index (χ2v) is 7.34. The molecule has 26 heavy (non-hydrogen) atoms. The highest BCUT2D eigenvalue weighted by Crippen LogP contribution is 2.25. The molecule has 0 aliphatic rings. The molecule has 0 bridgehead atoms. The van der Waals surface area contributed by atoms with Gasteiger partial charge in [-0.1, -0.05) is 6.07 Å². The molecular formula is C16H15N5O4S. The van der Waals surface area contributed by atoms with Gasteiger partial charge in [-0.15, -0.1) is 10.2 Å². The van der Waals surface area contributed by atoms with Crippen LogP contribution in [-0.2, 0) is 17.1 Å². The number of anilines is 1. The minimum Gasteiger partial charge on any atom is -0.317 e. The molecule has 0 spiro atoms. The van der Waals surface area contributed by atoms with Gasteiger partial charge in [-0.25, -0.2) is 8.42 Å². The van der Waals surface area contributed by atoms with E-state index in [1.807, 2.05) is 0 Å². The minimum atomic E-state index is -3.95. The van der Waals surface area contributed by atoms with Gasteiger partial charge in [-0.2, -0.15) is 0 Å². The maximum absolute atomic E-state index is 12.5. The Hall–Kier alpha value is -3.27. The van der Waals surface area contributed by atoms with E-state index in [1.54, 1.807) is 49.1 Å². The molecule has 0 atom stereocenters. The molecule has 1 N–H and O–H groups in total. The Bertz CT molecular complexity index is 1070. The second kappa shape index (κ2) is 6.56. The third-order valence-corrected chi connectivity index (χ3v) is 5.17. The summed E-state index contributed by atoms with van der Waals surface area (Å²) < 4.78 is 29.1.